The lowest BCUT2D eigenvalue weighted by Gasteiger charge is -2.14. The lowest BCUT2D eigenvalue weighted by Crippen LogP contribution is -2.13. The van der Waals surface area contributed by atoms with E-state index >= 15 is 0 Å². The zero-order valence-corrected chi connectivity index (χ0v) is 18.1. The van der Waals surface area contributed by atoms with Crippen LogP contribution < -0.4 is 15.8 Å². The lowest BCUT2D eigenvalue weighted by atomic mass is 10.1. The minimum atomic E-state index is -0.425. The first-order chi connectivity index (χ1) is 13.4. The smallest absolute Gasteiger partial charge is 0.177 e. The highest BCUT2D eigenvalue weighted by Gasteiger charge is 2.17. The summed E-state index contributed by atoms with van der Waals surface area (Å²) in [5, 5.41) is 11.5. The van der Waals surface area contributed by atoms with Gasteiger partial charge in [-0.2, -0.15) is 0 Å². The SMILES string of the molecule is CC/C=C(\C=C(/CC)C(=N)N)Oc1c(F)cc2[nH]ccc2c1SC.CCNC. The van der Waals surface area contributed by atoms with Crippen molar-refractivity contribution in [3.63, 3.8) is 0 Å². The molecule has 1 aromatic heterocycles. The molecule has 0 fully saturated rings. The van der Waals surface area contributed by atoms with E-state index < -0.39 is 5.82 Å². The standard InChI is InChI=1S/C18H22FN3OS.C3H9N/c1-4-6-12(9-11(5-2)18(20)21)23-16-14(19)10-15-13(7-8-22-15)17(16)24-3;1-3-4-2/h6-10,22H,4-5H2,1-3H3,(H3,20,21);4H,3H2,1-2H3/b11-9+,12-6+;. The number of nitrogens with one attached hydrogen (secondary N) is 3. The van der Waals surface area contributed by atoms with Gasteiger partial charge in [0.25, 0.3) is 0 Å². The number of benzene rings is 1. The van der Waals surface area contributed by atoms with Crippen LogP contribution in [0.4, 0.5) is 4.39 Å². The van der Waals surface area contributed by atoms with Crippen molar-refractivity contribution in [2.45, 2.75) is 38.5 Å². The van der Waals surface area contributed by atoms with Crippen LogP contribution in [0.3, 0.4) is 0 Å². The number of H-pyrrole nitrogens is 1. The Morgan fingerprint density at radius 2 is 2.07 bits per heavy atom. The zero-order chi connectivity index (χ0) is 21.1. The van der Waals surface area contributed by atoms with E-state index in [-0.39, 0.29) is 11.6 Å². The summed E-state index contributed by atoms with van der Waals surface area (Å²) in [5.74, 6) is 0.263. The quantitative estimate of drug-likeness (QED) is 0.160. The van der Waals surface area contributed by atoms with Crippen molar-refractivity contribution in [1.29, 1.82) is 5.41 Å². The zero-order valence-electron chi connectivity index (χ0n) is 17.3. The molecule has 0 amide bonds. The molecule has 1 heterocycles. The van der Waals surface area contributed by atoms with Crippen LogP contribution in [0.1, 0.15) is 33.6 Å². The van der Waals surface area contributed by atoms with Gasteiger partial charge >= 0.3 is 0 Å². The maximum absolute atomic E-state index is 14.5. The predicted octanol–water partition coefficient (Wildman–Crippen LogP) is 5.20. The molecule has 2 rings (SSSR count). The minimum Gasteiger partial charge on any atom is -0.453 e. The predicted molar refractivity (Wildman–Crippen MR) is 119 cm³/mol. The average Bonchev–Trinajstić information content (AvgIpc) is 3.14. The first-order valence-corrected chi connectivity index (χ1v) is 10.6. The summed E-state index contributed by atoms with van der Waals surface area (Å²) in [6, 6.07) is 3.34. The van der Waals surface area contributed by atoms with Crippen molar-refractivity contribution in [3.05, 3.63) is 47.6 Å². The summed E-state index contributed by atoms with van der Waals surface area (Å²) in [6.07, 6.45) is 8.55. The van der Waals surface area contributed by atoms with Crippen LogP contribution in [0.5, 0.6) is 5.75 Å². The highest BCUT2D eigenvalue weighted by Crippen LogP contribution is 2.38. The molecule has 0 unspecified atom stereocenters. The number of aromatic nitrogens is 1. The Balaban J connectivity index is 0.000000892. The molecule has 0 saturated carbocycles. The normalized spacial score (nSPS) is 11.9. The van der Waals surface area contributed by atoms with Gasteiger partial charge in [0.2, 0.25) is 0 Å². The van der Waals surface area contributed by atoms with Crippen LogP contribution in [-0.4, -0.2) is 30.7 Å². The fourth-order valence-electron chi connectivity index (χ4n) is 2.41. The minimum absolute atomic E-state index is 0.00486. The summed E-state index contributed by atoms with van der Waals surface area (Å²) in [4.78, 5) is 3.76. The van der Waals surface area contributed by atoms with Gasteiger partial charge in [0.05, 0.1) is 4.90 Å². The highest BCUT2D eigenvalue weighted by atomic mass is 32.2. The number of aromatic amines is 1. The number of rotatable bonds is 8. The van der Waals surface area contributed by atoms with Crippen LogP contribution >= 0.6 is 11.8 Å². The van der Waals surface area contributed by atoms with Gasteiger partial charge in [-0.05, 0) is 56.5 Å². The van der Waals surface area contributed by atoms with E-state index in [1.807, 2.05) is 39.3 Å². The van der Waals surface area contributed by atoms with Gasteiger partial charge in [-0.1, -0.05) is 20.8 Å². The third-order valence-electron chi connectivity index (χ3n) is 3.94. The number of halogens is 1. The number of allylic oxidation sites excluding steroid dienone is 2. The van der Waals surface area contributed by atoms with Crippen LogP contribution in [0.15, 0.2) is 46.7 Å². The third kappa shape index (κ3) is 6.42. The molecule has 2 aromatic rings. The van der Waals surface area contributed by atoms with E-state index in [1.165, 1.54) is 17.8 Å². The van der Waals surface area contributed by atoms with Gasteiger partial charge in [0.15, 0.2) is 11.6 Å². The van der Waals surface area contributed by atoms with Crippen molar-refractivity contribution < 1.29 is 9.13 Å². The second kappa shape index (κ2) is 12.3. The molecule has 0 atom stereocenters. The summed E-state index contributed by atoms with van der Waals surface area (Å²) in [6.45, 7) is 7.02. The van der Waals surface area contributed by atoms with E-state index in [0.717, 1.165) is 28.8 Å². The Labute approximate surface area is 171 Å². The largest absolute Gasteiger partial charge is 0.453 e. The summed E-state index contributed by atoms with van der Waals surface area (Å²) in [5.41, 5.74) is 6.97. The van der Waals surface area contributed by atoms with E-state index in [4.69, 9.17) is 15.9 Å². The molecule has 5 nitrogen and oxygen atoms in total. The first kappa shape index (κ1) is 23.8. The summed E-state index contributed by atoms with van der Waals surface area (Å²) >= 11 is 1.43. The van der Waals surface area contributed by atoms with Crippen LogP contribution in [0.25, 0.3) is 10.9 Å². The van der Waals surface area contributed by atoms with Crippen molar-refractivity contribution in [3.8, 4) is 5.75 Å². The molecule has 5 N–H and O–H groups in total. The second-order valence-electron chi connectivity index (χ2n) is 5.92. The molecule has 0 radical (unpaired) electrons. The third-order valence-corrected chi connectivity index (χ3v) is 4.76. The fourth-order valence-corrected chi connectivity index (χ4v) is 3.13. The molecule has 0 bridgehead atoms. The molecule has 0 aliphatic rings. The first-order valence-electron chi connectivity index (χ1n) is 9.34. The van der Waals surface area contributed by atoms with Crippen molar-refractivity contribution in [1.82, 2.24) is 10.3 Å². The van der Waals surface area contributed by atoms with Gasteiger partial charge in [-0.15, -0.1) is 11.8 Å². The molecule has 0 spiro atoms. The number of hydrogen-bond acceptors (Lipinski definition) is 4. The van der Waals surface area contributed by atoms with Crippen molar-refractivity contribution in [2.75, 3.05) is 19.8 Å². The van der Waals surface area contributed by atoms with Gasteiger partial charge in [0.1, 0.15) is 11.6 Å². The molecule has 0 aliphatic heterocycles. The topological polar surface area (TPSA) is 86.9 Å². The Bertz CT molecular complexity index is 840. The molecular weight excluding hydrogens is 375 g/mol. The molecule has 1 aromatic carbocycles. The van der Waals surface area contributed by atoms with E-state index in [2.05, 4.69) is 17.2 Å². The van der Waals surface area contributed by atoms with E-state index in [9.17, 15) is 4.39 Å². The van der Waals surface area contributed by atoms with Crippen LogP contribution in [-0.2, 0) is 0 Å². The number of nitrogens with two attached hydrogens (primary N) is 1. The highest BCUT2D eigenvalue weighted by molar-refractivity contribution is 7.99. The molecule has 0 aliphatic carbocycles. The maximum atomic E-state index is 14.5. The molecule has 28 heavy (non-hydrogen) atoms. The maximum Gasteiger partial charge on any atom is 0.177 e. The second-order valence-corrected chi connectivity index (χ2v) is 6.74. The van der Waals surface area contributed by atoms with Crippen molar-refractivity contribution in [2.24, 2.45) is 5.73 Å². The number of ether oxygens (including phenoxy) is 1. The molecular formula is C21H31FN4OS. The van der Waals surface area contributed by atoms with Gasteiger partial charge < -0.3 is 20.8 Å². The van der Waals surface area contributed by atoms with Gasteiger partial charge in [0, 0.05) is 23.2 Å². The van der Waals surface area contributed by atoms with E-state index in [1.54, 1.807) is 12.3 Å². The number of thioether (sulfide) groups is 1. The molecule has 7 heteroatoms. The average molecular weight is 407 g/mol. The summed E-state index contributed by atoms with van der Waals surface area (Å²) < 4.78 is 20.4. The molecule has 0 saturated heterocycles. The van der Waals surface area contributed by atoms with E-state index in [0.29, 0.717) is 17.8 Å². The molecule has 154 valence electrons. The van der Waals surface area contributed by atoms with Crippen LogP contribution in [0, 0.1) is 11.2 Å². The fraction of sp³-hybridized carbons (Fsp3) is 0.381. The van der Waals surface area contributed by atoms with Gasteiger partial charge in [-0.25, -0.2) is 4.39 Å². The number of hydrogen-bond donors (Lipinski definition) is 4. The van der Waals surface area contributed by atoms with Gasteiger partial charge in [-0.3, -0.25) is 5.41 Å². The Morgan fingerprint density at radius 1 is 1.39 bits per heavy atom. The monoisotopic (exact) mass is 406 g/mol. The summed E-state index contributed by atoms with van der Waals surface area (Å²) in [7, 11) is 1.93. The number of fused-ring (bicyclic) bond motifs is 1. The lowest BCUT2D eigenvalue weighted by molar-refractivity contribution is 0.400. The Morgan fingerprint density at radius 3 is 2.57 bits per heavy atom. The number of amidine groups is 1. The Hall–Kier alpha value is -2.25. The Kier molecular flexibility index (Phi) is 10.4. The van der Waals surface area contributed by atoms with Crippen molar-refractivity contribution >= 4 is 28.5 Å². The van der Waals surface area contributed by atoms with Crippen LogP contribution in [0.2, 0.25) is 0 Å².